The fourth-order valence-corrected chi connectivity index (χ4v) is 1.77. The van der Waals surface area contributed by atoms with Gasteiger partial charge >= 0.3 is 5.97 Å². The van der Waals surface area contributed by atoms with Crippen LogP contribution in [0, 0.1) is 10.1 Å². The molecule has 2 N–H and O–H groups in total. The summed E-state index contributed by atoms with van der Waals surface area (Å²) < 4.78 is 5.14. The van der Waals surface area contributed by atoms with Crippen molar-refractivity contribution in [1.29, 1.82) is 0 Å². The van der Waals surface area contributed by atoms with Gasteiger partial charge in [-0.2, -0.15) is 0 Å². The van der Waals surface area contributed by atoms with Gasteiger partial charge in [-0.15, -0.1) is 12.4 Å². The van der Waals surface area contributed by atoms with Gasteiger partial charge in [0.2, 0.25) is 0 Å². The molecule has 0 aliphatic heterocycles. The maximum absolute atomic E-state index is 11.8. The SMILES string of the molecule is Cl.N[C@@H](Cc1ccc([N+](=O)[O-])cc1)C(=O)Oc1ccccc1. The Hall–Kier alpha value is -2.44. The van der Waals surface area contributed by atoms with E-state index in [0.29, 0.717) is 5.75 Å². The number of hydrogen-bond donors (Lipinski definition) is 1. The molecule has 0 saturated carbocycles. The molecule has 6 nitrogen and oxygen atoms in total. The van der Waals surface area contributed by atoms with Gasteiger partial charge < -0.3 is 10.5 Å². The second-order valence-corrected chi connectivity index (χ2v) is 4.47. The lowest BCUT2D eigenvalue weighted by molar-refractivity contribution is -0.384. The van der Waals surface area contributed by atoms with Gasteiger partial charge in [0, 0.05) is 12.1 Å². The van der Waals surface area contributed by atoms with Gasteiger partial charge in [-0.3, -0.25) is 10.1 Å². The van der Waals surface area contributed by atoms with Gasteiger partial charge in [0.05, 0.1) is 4.92 Å². The molecular formula is C15H15ClN2O4. The van der Waals surface area contributed by atoms with E-state index in [-0.39, 0.29) is 24.5 Å². The molecule has 7 heteroatoms. The molecular weight excluding hydrogens is 308 g/mol. The van der Waals surface area contributed by atoms with Crippen molar-refractivity contribution in [3.8, 4) is 5.75 Å². The average molecular weight is 323 g/mol. The van der Waals surface area contributed by atoms with Crippen LogP contribution in [0.15, 0.2) is 54.6 Å². The predicted octanol–water partition coefficient (Wildman–Crippen LogP) is 2.49. The van der Waals surface area contributed by atoms with Crippen LogP contribution in [-0.2, 0) is 11.2 Å². The van der Waals surface area contributed by atoms with Crippen molar-refractivity contribution in [2.75, 3.05) is 0 Å². The lowest BCUT2D eigenvalue weighted by Crippen LogP contribution is -2.36. The summed E-state index contributed by atoms with van der Waals surface area (Å²) in [6, 6.07) is 13.7. The van der Waals surface area contributed by atoms with Gasteiger partial charge in [-0.05, 0) is 24.1 Å². The van der Waals surface area contributed by atoms with Crippen LogP contribution in [0.3, 0.4) is 0 Å². The molecule has 0 fully saturated rings. The zero-order valence-corrected chi connectivity index (χ0v) is 12.4. The highest BCUT2D eigenvalue weighted by molar-refractivity contribution is 5.85. The Morgan fingerprint density at radius 3 is 2.27 bits per heavy atom. The van der Waals surface area contributed by atoms with Gasteiger partial charge in [-0.25, -0.2) is 4.79 Å². The number of nitro benzene ring substituents is 1. The molecule has 0 aliphatic rings. The first kappa shape index (κ1) is 17.6. The Bertz CT molecular complexity index is 632. The highest BCUT2D eigenvalue weighted by Crippen LogP contribution is 2.14. The van der Waals surface area contributed by atoms with Crippen molar-refractivity contribution < 1.29 is 14.5 Å². The third-order valence-corrected chi connectivity index (χ3v) is 2.87. The zero-order chi connectivity index (χ0) is 15.2. The van der Waals surface area contributed by atoms with E-state index in [1.807, 2.05) is 6.07 Å². The maximum Gasteiger partial charge on any atom is 0.328 e. The molecule has 0 bridgehead atoms. The second-order valence-electron chi connectivity index (χ2n) is 4.47. The molecule has 0 spiro atoms. The number of nitrogens with zero attached hydrogens (tertiary/aromatic N) is 1. The van der Waals surface area contributed by atoms with Crippen LogP contribution >= 0.6 is 12.4 Å². The second kappa shape index (κ2) is 8.11. The molecule has 116 valence electrons. The van der Waals surface area contributed by atoms with Crippen molar-refractivity contribution in [3.63, 3.8) is 0 Å². The molecule has 0 saturated heterocycles. The van der Waals surface area contributed by atoms with Crippen LogP contribution in [-0.4, -0.2) is 16.9 Å². The van der Waals surface area contributed by atoms with Crippen molar-refractivity contribution in [1.82, 2.24) is 0 Å². The monoisotopic (exact) mass is 322 g/mol. The van der Waals surface area contributed by atoms with Crippen LogP contribution in [0.4, 0.5) is 5.69 Å². The fourth-order valence-electron chi connectivity index (χ4n) is 1.77. The van der Waals surface area contributed by atoms with E-state index in [1.54, 1.807) is 36.4 Å². The van der Waals surface area contributed by atoms with E-state index >= 15 is 0 Å². The van der Waals surface area contributed by atoms with Gasteiger partial charge in [0.1, 0.15) is 11.8 Å². The van der Waals surface area contributed by atoms with Crippen LogP contribution in [0.5, 0.6) is 5.75 Å². The minimum atomic E-state index is -0.827. The first-order valence-corrected chi connectivity index (χ1v) is 6.32. The van der Waals surface area contributed by atoms with E-state index in [2.05, 4.69) is 0 Å². The van der Waals surface area contributed by atoms with Gasteiger partial charge in [0.25, 0.3) is 5.69 Å². The number of carbonyl (C=O) groups is 1. The molecule has 0 heterocycles. The highest BCUT2D eigenvalue weighted by atomic mass is 35.5. The van der Waals surface area contributed by atoms with Crippen LogP contribution in [0.25, 0.3) is 0 Å². The van der Waals surface area contributed by atoms with Crippen molar-refractivity contribution in [2.45, 2.75) is 12.5 Å². The summed E-state index contributed by atoms with van der Waals surface area (Å²) in [5, 5.41) is 10.6. The Morgan fingerprint density at radius 1 is 1.14 bits per heavy atom. The Balaban J connectivity index is 0.00000242. The summed E-state index contributed by atoms with van der Waals surface area (Å²) >= 11 is 0. The number of nitro groups is 1. The number of benzene rings is 2. The number of ether oxygens (including phenoxy) is 1. The smallest absolute Gasteiger partial charge is 0.328 e. The Morgan fingerprint density at radius 2 is 1.73 bits per heavy atom. The molecule has 2 rings (SSSR count). The van der Waals surface area contributed by atoms with E-state index < -0.39 is 16.9 Å². The Labute approximate surface area is 133 Å². The first-order valence-electron chi connectivity index (χ1n) is 6.32. The van der Waals surface area contributed by atoms with E-state index in [0.717, 1.165) is 5.56 Å². The van der Waals surface area contributed by atoms with Crippen molar-refractivity contribution in [2.24, 2.45) is 5.73 Å². The predicted molar refractivity (Wildman–Crippen MR) is 84.1 cm³/mol. The summed E-state index contributed by atoms with van der Waals surface area (Å²) in [4.78, 5) is 21.9. The van der Waals surface area contributed by atoms with E-state index in [4.69, 9.17) is 10.5 Å². The number of para-hydroxylation sites is 1. The largest absolute Gasteiger partial charge is 0.425 e. The van der Waals surface area contributed by atoms with Gasteiger partial charge in [0.15, 0.2) is 0 Å². The number of hydrogen-bond acceptors (Lipinski definition) is 5. The number of carbonyl (C=O) groups excluding carboxylic acids is 1. The molecule has 0 amide bonds. The first-order chi connectivity index (χ1) is 10.1. The van der Waals surface area contributed by atoms with Gasteiger partial charge in [-0.1, -0.05) is 30.3 Å². The van der Waals surface area contributed by atoms with Crippen molar-refractivity contribution >= 4 is 24.1 Å². The minimum Gasteiger partial charge on any atom is -0.425 e. The summed E-state index contributed by atoms with van der Waals surface area (Å²) in [5.41, 5.74) is 6.52. The minimum absolute atomic E-state index is 0. The van der Waals surface area contributed by atoms with E-state index in [1.165, 1.54) is 12.1 Å². The summed E-state index contributed by atoms with van der Waals surface area (Å²) in [7, 11) is 0. The lowest BCUT2D eigenvalue weighted by atomic mass is 10.1. The summed E-state index contributed by atoms with van der Waals surface area (Å²) in [6.07, 6.45) is 0.254. The normalized spacial score (nSPS) is 11.1. The topological polar surface area (TPSA) is 95.5 Å². The van der Waals surface area contributed by atoms with Crippen LogP contribution in [0.1, 0.15) is 5.56 Å². The molecule has 0 aromatic heterocycles. The maximum atomic E-state index is 11.8. The fraction of sp³-hybridized carbons (Fsp3) is 0.133. The van der Waals surface area contributed by atoms with E-state index in [9.17, 15) is 14.9 Å². The molecule has 1 atom stereocenters. The number of halogens is 1. The quantitative estimate of drug-likeness (QED) is 0.395. The third kappa shape index (κ3) is 4.83. The molecule has 2 aromatic rings. The molecule has 0 aliphatic carbocycles. The average Bonchev–Trinajstić information content (AvgIpc) is 2.48. The molecule has 22 heavy (non-hydrogen) atoms. The number of esters is 1. The summed E-state index contributed by atoms with van der Waals surface area (Å²) in [5.74, 6) is -0.110. The third-order valence-electron chi connectivity index (χ3n) is 2.87. The van der Waals surface area contributed by atoms with Crippen molar-refractivity contribution in [3.05, 3.63) is 70.3 Å². The molecule has 2 aromatic carbocycles. The molecule has 0 radical (unpaired) electrons. The number of non-ortho nitro benzene ring substituents is 1. The summed E-state index contributed by atoms with van der Waals surface area (Å²) in [6.45, 7) is 0. The van der Waals surface area contributed by atoms with Crippen LogP contribution < -0.4 is 10.5 Å². The highest BCUT2D eigenvalue weighted by Gasteiger charge is 2.17. The lowest BCUT2D eigenvalue weighted by Gasteiger charge is -2.11. The van der Waals surface area contributed by atoms with Crippen LogP contribution in [0.2, 0.25) is 0 Å². The Kier molecular flexibility index (Phi) is 6.49. The number of rotatable bonds is 5. The number of nitrogens with two attached hydrogens (primary N) is 1. The molecule has 0 unspecified atom stereocenters. The zero-order valence-electron chi connectivity index (χ0n) is 11.5. The standard InChI is InChI=1S/C15H14N2O4.ClH/c16-14(15(18)21-13-4-2-1-3-5-13)10-11-6-8-12(9-7-11)17(19)20;/h1-9,14H,10,16H2;1H/t14-;/m0./s1.